The minimum absolute atomic E-state index is 0.617. The van der Waals surface area contributed by atoms with E-state index in [0.29, 0.717) is 5.89 Å². The summed E-state index contributed by atoms with van der Waals surface area (Å²) in [5, 5.41) is 4.64. The van der Waals surface area contributed by atoms with Gasteiger partial charge in [0.1, 0.15) is 11.1 Å². The third kappa shape index (κ3) is 5.04. The Hall–Kier alpha value is -6.91. The van der Waals surface area contributed by atoms with Gasteiger partial charge in [-0.1, -0.05) is 121 Å². The van der Waals surface area contributed by atoms with Gasteiger partial charge in [-0.25, -0.2) is 4.98 Å². The SMILES string of the molecule is c1ccc(-c2nc3c(-c4ccc(N(c5cccc(-c6ccc7ccccc7c6)c5)c5cccc6c5oc5ccccc56)cc4)cccc3o2)cc1. The van der Waals surface area contributed by atoms with Crippen LogP contribution in [0.1, 0.15) is 0 Å². The topological polar surface area (TPSA) is 42.4 Å². The summed E-state index contributed by atoms with van der Waals surface area (Å²) in [5.41, 5.74) is 11.7. The molecule has 0 spiro atoms. The van der Waals surface area contributed by atoms with E-state index in [2.05, 4.69) is 132 Å². The van der Waals surface area contributed by atoms with Gasteiger partial charge in [0, 0.05) is 33.3 Å². The number of oxazole rings is 1. The lowest BCUT2D eigenvalue weighted by Gasteiger charge is -2.26. The molecule has 0 aliphatic carbocycles. The maximum atomic E-state index is 6.59. The molecule has 0 radical (unpaired) electrons. The quantitative estimate of drug-likeness (QED) is 0.179. The molecule has 51 heavy (non-hydrogen) atoms. The molecule has 0 N–H and O–H groups in total. The van der Waals surface area contributed by atoms with Crippen LogP contribution >= 0.6 is 0 Å². The number of hydrogen-bond acceptors (Lipinski definition) is 4. The summed E-state index contributed by atoms with van der Waals surface area (Å²) in [5.74, 6) is 0.617. The molecule has 0 unspecified atom stereocenters. The average molecular weight is 655 g/mol. The van der Waals surface area contributed by atoms with Crippen LogP contribution < -0.4 is 4.90 Å². The van der Waals surface area contributed by atoms with Gasteiger partial charge in [0.25, 0.3) is 0 Å². The van der Waals surface area contributed by atoms with Crippen LogP contribution in [0, 0.1) is 0 Å². The molecule has 0 fully saturated rings. The van der Waals surface area contributed by atoms with E-state index in [1.54, 1.807) is 0 Å². The van der Waals surface area contributed by atoms with Crippen molar-refractivity contribution in [3.8, 4) is 33.7 Å². The number of fused-ring (bicyclic) bond motifs is 5. The predicted molar refractivity (Wildman–Crippen MR) is 210 cm³/mol. The highest BCUT2D eigenvalue weighted by Crippen LogP contribution is 2.43. The third-order valence-electron chi connectivity index (χ3n) is 9.69. The van der Waals surface area contributed by atoms with Gasteiger partial charge in [0.05, 0.1) is 5.69 Å². The summed E-state index contributed by atoms with van der Waals surface area (Å²) in [7, 11) is 0. The second kappa shape index (κ2) is 11.9. The lowest BCUT2D eigenvalue weighted by atomic mass is 10.00. The standard InChI is InChI=1S/C47H30N2O2/c1-2-12-33(13-3-1)47-48-45-39(18-10-22-44(45)51-47)32-25-27-37(28-26-32)49(42-20-9-19-41-40-17-6-7-21-43(40)50-46(41)42)38-16-8-15-35(30-38)36-24-23-31-11-4-5-14-34(31)29-36/h1-30H. The van der Waals surface area contributed by atoms with Crippen molar-refractivity contribution in [3.05, 3.63) is 182 Å². The molecule has 10 aromatic rings. The molecule has 0 saturated heterocycles. The van der Waals surface area contributed by atoms with E-state index >= 15 is 0 Å². The molecule has 2 heterocycles. The van der Waals surface area contributed by atoms with Crippen molar-refractivity contribution < 1.29 is 8.83 Å². The van der Waals surface area contributed by atoms with Gasteiger partial charge in [-0.15, -0.1) is 0 Å². The highest BCUT2D eigenvalue weighted by Gasteiger charge is 2.20. The Bertz CT molecular complexity index is 2870. The molecule has 4 heteroatoms. The van der Waals surface area contributed by atoms with Crippen molar-refractivity contribution in [2.45, 2.75) is 0 Å². The molecule has 10 rings (SSSR count). The number of anilines is 3. The fourth-order valence-corrected chi connectivity index (χ4v) is 7.20. The molecule has 0 bridgehead atoms. The summed E-state index contributed by atoms with van der Waals surface area (Å²) >= 11 is 0. The highest BCUT2D eigenvalue weighted by molar-refractivity contribution is 6.10. The van der Waals surface area contributed by atoms with E-state index in [4.69, 9.17) is 13.8 Å². The minimum Gasteiger partial charge on any atom is -0.454 e. The van der Waals surface area contributed by atoms with Crippen LogP contribution in [0.5, 0.6) is 0 Å². The summed E-state index contributed by atoms with van der Waals surface area (Å²) < 4.78 is 12.8. The Labute approximate surface area is 294 Å². The van der Waals surface area contributed by atoms with Crippen LogP contribution in [0.15, 0.2) is 191 Å². The molecule has 0 atom stereocenters. The van der Waals surface area contributed by atoms with E-state index in [9.17, 15) is 0 Å². The monoisotopic (exact) mass is 654 g/mol. The van der Waals surface area contributed by atoms with Crippen molar-refractivity contribution in [1.82, 2.24) is 4.98 Å². The Morgan fingerprint density at radius 3 is 2.00 bits per heavy atom. The van der Waals surface area contributed by atoms with Crippen molar-refractivity contribution in [3.63, 3.8) is 0 Å². The van der Waals surface area contributed by atoms with Crippen LogP contribution in [0.25, 0.3) is 77.5 Å². The number of rotatable bonds is 6. The second-order valence-corrected chi connectivity index (χ2v) is 12.8. The van der Waals surface area contributed by atoms with E-state index in [1.807, 2.05) is 54.6 Å². The second-order valence-electron chi connectivity index (χ2n) is 12.8. The molecule has 0 saturated carbocycles. The largest absolute Gasteiger partial charge is 0.454 e. The maximum Gasteiger partial charge on any atom is 0.227 e. The van der Waals surface area contributed by atoms with Gasteiger partial charge in [-0.05, 0) is 88.1 Å². The molecule has 0 amide bonds. The summed E-state index contributed by atoms with van der Waals surface area (Å²) in [6.45, 7) is 0. The van der Waals surface area contributed by atoms with Gasteiger partial charge in [0.15, 0.2) is 11.2 Å². The number of para-hydroxylation sites is 3. The number of nitrogens with zero attached hydrogens (tertiary/aromatic N) is 2. The van der Waals surface area contributed by atoms with Crippen molar-refractivity contribution in [2.75, 3.05) is 4.90 Å². The van der Waals surface area contributed by atoms with Gasteiger partial charge in [0.2, 0.25) is 5.89 Å². The van der Waals surface area contributed by atoms with E-state index in [-0.39, 0.29) is 0 Å². The van der Waals surface area contributed by atoms with Crippen LogP contribution in [-0.4, -0.2) is 4.98 Å². The molecule has 0 aliphatic rings. The zero-order valence-corrected chi connectivity index (χ0v) is 27.5. The lowest BCUT2D eigenvalue weighted by molar-refractivity contribution is 0.620. The molecule has 8 aromatic carbocycles. The molecular formula is C47H30N2O2. The first kappa shape index (κ1) is 29.0. The van der Waals surface area contributed by atoms with Gasteiger partial charge in [-0.2, -0.15) is 0 Å². The Kier molecular flexibility index (Phi) is 6.78. The number of hydrogen-bond donors (Lipinski definition) is 0. The van der Waals surface area contributed by atoms with Gasteiger partial charge >= 0.3 is 0 Å². The van der Waals surface area contributed by atoms with Crippen LogP contribution in [0.3, 0.4) is 0 Å². The Morgan fingerprint density at radius 2 is 1.10 bits per heavy atom. The fraction of sp³-hybridized carbons (Fsp3) is 0. The van der Waals surface area contributed by atoms with Gasteiger partial charge < -0.3 is 13.7 Å². The van der Waals surface area contributed by atoms with Crippen molar-refractivity contribution >= 4 is 60.9 Å². The first-order valence-electron chi connectivity index (χ1n) is 17.1. The average Bonchev–Trinajstić information content (AvgIpc) is 3.81. The number of furan rings is 1. The van der Waals surface area contributed by atoms with E-state index in [1.165, 1.54) is 16.3 Å². The molecule has 0 aliphatic heterocycles. The first-order valence-corrected chi connectivity index (χ1v) is 17.1. The van der Waals surface area contributed by atoms with Crippen LogP contribution in [0.4, 0.5) is 17.1 Å². The number of benzene rings is 8. The fourth-order valence-electron chi connectivity index (χ4n) is 7.20. The van der Waals surface area contributed by atoms with Crippen LogP contribution in [-0.2, 0) is 0 Å². The molecule has 240 valence electrons. The zero-order valence-electron chi connectivity index (χ0n) is 27.5. The van der Waals surface area contributed by atoms with Crippen molar-refractivity contribution in [2.24, 2.45) is 0 Å². The maximum absolute atomic E-state index is 6.59. The third-order valence-corrected chi connectivity index (χ3v) is 9.69. The molecular weight excluding hydrogens is 625 g/mol. The zero-order chi connectivity index (χ0) is 33.7. The van der Waals surface area contributed by atoms with Crippen LogP contribution in [0.2, 0.25) is 0 Å². The highest BCUT2D eigenvalue weighted by atomic mass is 16.3. The first-order chi connectivity index (χ1) is 25.3. The van der Waals surface area contributed by atoms with Gasteiger partial charge in [-0.3, -0.25) is 0 Å². The Morgan fingerprint density at radius 1 is 0.412 bits per heavy atom. The lowest BCUT2D eigenvalue weighted by Crippen LogP contribution is -2.10. The molecule has 4 nitrogen and oxygen atoms in total. The summed E-state index contributed by atoms with van der Waals surface area (Å²) in [4.78, 5) is 7.23. The number of aromatic nitrogens is 1. The smallest absolute Gasteiger partial charge is 0.227 e. The summed E-state index contributed by atoms with van der Waals surface area (Å²) in [6.07, 6.45) is 0. The predicted octanol–water partition coefficient (Wildman–Crippen LogP) is 13.4. The minimum atomic E-state index is 0.617. The van der Waals surface area contributed by atoms with E-state index in [0.717, 1.165) is 72.4 Å². The van der Waals surface area contributed by atoms with Crippen molar-refractivity contribution in [1.29, 1.82) is 0 Å². The summed E-state index contributed by atoms with van der Waals surface area (Å²) in [6, 6.07) is 63.4. The van der Waals surface area contributed by atoms with E-state index < -0.39 is 0 Å². The Balaban J connectivity index is 1.11. The normalized spacial score (nSPS) is 11.5. The molecule has 2 aromatic heterocycles.